The lowest BCUT2D eigenvalue weighted by molar-refractivity contribution is -0.392. The summed E-state index contributed by atoms with van der Waals surface area (Å²) in [5, 5.41) is 11.9. The van der Waals surface area contributed by atoms with Crippen LogP contribution in [-0.2, 0) is 7.05 Å². The van der Waals surface area contributed by atoms with Gasteiger partial charge in [0.15, 0.2) is 31.2 Å². The van der Waals surface area contributed by atoms with Crippen molar-refractivity contribution in [1.29, 1.82) is 0 Å². The molecule has 21 heteroatoms. The fourth-order valence-corrected chi connectivity index (χ4v) is 4.62. The van der Waals surface area contributed by atoms with Crippen molar-refractivity contribution in [1.82, 2.24) is 69.4 Å². The van der Waals surface area contributed by atoms with Gasteiger partial charge in [0.05, 0.1) is 25.3 Å². The van der Waals surface area contributed by atoms with Crippen LogP contribution in [0, 0.1) is 19.4 Å². The smallest absolute Gasteiger partial charge is 0.369 e. The molecule has 202 valence electrons. The molecule has 0 aliphatic carbocycles. The average molecular weight is 597 g/mol. The van der Waals surface area contributed by atoms with E-state index in [1.54, 1.807) is 17.9 Å². The van der Waals surface area contributed by atoms with Gasteiger partial charge in [-0.2, -0.15) is 0 Å². The Hall–Kier alpha value is -5.15. The standard InChI is InChI=1S/C9H7N7O2S.C5H5N5S.C5H4N4S/c1-15-4-14-7(16(17)18)9(15)19-8-5-6(11-2-10-5)12-3-13-8;6-5-9-3-2(4(11)10-5)7-1-8-3;10-5-3-4(7-1-6-3)8-2-9-5/h2-4H,1H3,(H,10,11,12,13);1H,(H4,6,7,8,9,10,11);1-2H,(H2,6,7,8,9,10). The fraction of sp³-hybridized carbons (Fsp3) is 0.0526. The van der Waals surface area contributed by atoms with Crippen LogP contribution in [0.15, 0.2) is 48.0 Å². The van der Waals surface area contributed by atoms with Crippen molar-refractivity contribution in [3.05, 3.63) is 57.4 Å². The third-order valence-corrected chi connectivity index (χ3v) is 6.75. The highest BCUT2D eigenvalue weighted by Gasteiger charge is 2.22. The maximum absolute atomic E-state index is 10.9. The quantitative estimate of drug-likeness (QED) is 0.0742. The number of H-pyrrole nitrogens is 5. The summed E-state index contributed by atoms with van der Waals surface area (Å²) in [5.74, 6) is 0.0911. The highest BCUT2D eigenvalue weighted by atomic mass is 32.2. The Morgan fingerprint density at radius 3 is 2.30 bits per heavy atom. The van der Waals surface area contributed by atoms with E-state index in [9.17, 15) is 10.1 Å². The Kier molecular flexibility index (Phi) is 7.48. The zero-order chi connectivity index (χ0) is 28.2. The first-order valence-corrected chi connectivity index (χ1v) is 12.5. The van der Waals surface area contributed by atoms with Gasteiger partial charge in [0.25, 0.3) is 0 Å². The maximum atomic E-state index is 10.9. The minimum atomic E-state index is -0.520. The molecule has 7 N–H and O–H groups in total. The molecule has 0 aliphatic heterocycles. The molecule has 0 saturated carbocycles. The number of aromatic amines is 5. The number of rotatable bonds is 3. The normalized spacial score (nSPS) is 10.7. The molecule has 0 amide bonds. The topological polar surface area (TPSA) is 256 Å². The monoisotopic (exact) mass is 596 g/mol. The van der Waals surface area contributed by atoms with Crippen LogP contribution in [0.25, 0.3) is 33.5 Å². The van der Waals surface area contributed by atoms with Gasteiger partial charge in [0, 0.05) is 7.05 Å². The zero-order valence-electron chi connectivity index (χ0n) is 20.1. The lowest BCUT2D eigenvalue weighted by Crippen LogP contribution is -1.95. The summed E-state index contributed by atoms with van der Waals surface area (Å²) in [5.41, 5.74) is 9.45. The molecule has 0 radical (unpaired) electrons. The van der Waals surface area contributed by atoms with Gasteiger partial charge in [-0.1, -0.05) is 24.4 Å². The van der Waals surface area contributed by atoms with E-state index < -0.39 is 4.92 Å². The summed E-state index contributed by atoms with van der Waals surface area (Å²) >= 11 is 11.0. The summed E-state index contributed by atoms with van der Waals surface area (Å²) in [6.45, 7) is 0. The van der Waals surface area contributed by atoms with Gasteiger partial charge in [-0.15, -0.1) is 0 Å². The number of imidazole rings is 4. The Balaban J connectivity index is 0.000000131. The number of anilines is 1. The summed E-state index contributed by atoms with van der Waals surface area (Å²) in [7, 11) is 1.69. The number of nitrogens with one attached hydrogen (secondary N) is 5. The number of nitrogen functional groups attached to an aromatic ring is 1. The summed E-state index contributed by atoms with van der Waals surface area (Å²) in [6.07, 6.45) is 8.92. The van der Waals surface area contributed by atoms with Crippen LogP contribution in [0.1, 0.15) is 0 Å². The molecule has 40 heavy (non-hydrogen) atoms. The molecular formula is C19H16N16O2S3. The van der Waals surface area contributed by atoms with Crippen molar-refractivity contribution < 1.29 is 4.92 Å². The van der Waals surface area contributed by atoms with Crippen LogP contribution in [0.5, 0.6) is 0 Å². The lowest BCUT2D eigenvalue weighted by atomic mass is 10.6. The Bertz CT molecular complexity index is 2070. The van der Waals surface area contributed by atoms with Gasteiger partial charge in [0.1, 0.15) is 27.9 Å². The second-order valence-electron chi connectivity index (χ2n) is 7.51. The highest BCUT2D eigenvalue weighted by Crippen LogP contribution is 2.34. The molecule has 0 unspecified atom stereocenters. The zero-order valence-corrected chi connectivity index (χ0v) is 22.5. The van der Waals surface area contributed by atoms with Crippen LogP contribution < -0.4 is 5.73 Å². The Morgan fingerprint density at radius 1 is 0.875 bits per heavy atom. The van der Waals surface area contributed by atoms with Crippen molar-refractivity contribution in [2.45, 2.75) is 10.1 Å². The molecule has 0 aromatic carbocycles. The molecule has 18 nitrogen and oxygen atoms in total. The van der Waals surface area contributed by atoms with E-state index in [0.717, 1.165) is 22.9 Å². The van der Waals surface area contributed by atoms with E-state index in [0.29, 0.717) is 41.7 Å². The average Bonchev–Trinajstić information content (AvgIpc) is 3.73. The summed E-state index contributed by atoms with van der Waals surface area (Å²) in [6, 6.07) is 0. The molecule has 0 fully saturated rings. The minimum absolute atomic E-state index is 0.196. The summed E-state index contributed by atoms with van der Waals surface area (Å²) < 4.78 is 2.56. The number of nitro groups is 1. The number of hydrogen-bond acceptors (Lipinski definition) is 14. The van der Waals surface area contributed by atoms with Crippen LogP contribution in [0.3, 0.4) is 0 Å². The molecule has 7 rings (SSSR count). The van der Waals surface area contributed by atoms with Crippen LogP contribution >= 0.6 is 36.2 Å². The second-order valence-corrected chi connectivity index (χ2v) is 9.26. The Morgan fingerprint density at radius 2 is 1.55 bits per heavy atom. The van der Waals surface area contributed by atoms with E-state index in [-0.39, 0.29) is 11.8 Å². The number of hydrogen-bond donors (Lipinski definition) is 6. The summed E-state index contributed by atoms with van der Waals surface area (Å²) in [4.78, 5) is 56.1. The number of nitrogens with two attached hydrogens (primary N) is 1. The molecule has 7 aromatic rings. The molecule has 0 atom stereocenters. The maximum Gasteiger partial charge on any atom is 0.396 e. The Labute approximate surface area is 235 Å². The van der Waals surface area contributed by atoms with Crippen molar-refractivity contribution in [3.63, 3.8) is 0 Å². The molecule has 0 spiro atoms. The van der Waals surface area contributed by atoms with E-state index in [1.165, 1.54) is 31.6 Å². The molecule has 7 heterocycles. The third kappa shape index (κ3) is 5.50. The molecule has 7 aromatic heterocycles. The second kappa shape index (κ2) is 11.3. The lowest BCUT2D eigenvalue weighted by Gasteiger charge is -2.01. The van der Waals surface area contributed by atoms with Gasteiger partial charge in [0.2, 0.25) is 12.3 Å². The van der Waals surface area contributed by atoms with Crippen molar-refractivity contribution in [2.24, 2.45) is 7.05 Å². The van der Waals surface area contributed by atoms with Gasteiger partial charge in [-0.3, -0.25) is 0 Å². The first-order chi connectivity index (χ1) is 19.3. The number of nitrogens with zero attached hydrogens (tertiary/aromatic N) is 10. The first kappa shape index (κ1) is 26.5. The predicted octanol–water partition coefficient (Wildman–Crippen LogP) is 2.76. The number of aromatic nitrogens is 14. The molecular weight excluding hydrogens is 581 g/mol. The van der Waals surface area contributed by atoms with Crippen molar-refractivity contribution in [3.8, 4) is 0 Å². The van der Waals surface area contributed by atoms with E-state index in [4.69, 9.17) is 30.2 Å². The minimum Gasteiger partial charge on any atom is -0.369 e. The largest absolute Gasteiger partial charge is 0.396 e. The van der Waals surface area contributed by atoms with Gasteiger partial charge >= 0.3 is 5.82 Å². The van der Waals surface area contributed by atoms with Gasteiger partial charge in [-0.25, -0.2) is 34.9 Å². The van der Waals surface area contributed by atoms with Crippen LogP contribution in [0.4, 0.5) is 11.8 Å². The SMILES string of the molecule is Cn1cnc([N+](=O)[O-])c1Sc1ncnc2nc[nH]c12.Nc1nc(=S)c2[nH]cnc2[nH]1.S=c1nc[nH]c2nc[nH]c12. The van der Waals surface area contributed by atoms with Gasteiger partial charge < -0.3 is 45.3 Å². The van der Waals surface area contributed by atoms with E-state index in [2.05, 4.69) is 64.8 Å². The van der Waals surface area contributed by atoms with E-state index in [1.807, 2.05) is 0 Å². The van der Waals surface area contributed by atoms with Crippen LogP contribution in [-0.4, -0.2) is 74.3 Å². The predicted molar refractivity (Wildman–Crippen MR) is 148 cm³/mol. The number of aryl methyl sites for hydroxylation is 1. The van der Waals surface area contributed by atoms with Crippen molar-refractivity contribution in [2.75, 3.05) is 5.73 Å². The molecule has 0 bridgehead atoms. The fourth-order valence-electron chi connectivity index (χ4n) is 3.21. The third-order valence-electron chi connectivity index (χ3n) is 4.98. The van der Waals surface area contributed by atoms with E-state index >= 15 is 0 Å². The molecule has 0 saturated heterocycles. The number of fused-ring (bicyclic) bond motifs is 3. The molecule has 0 aliphatic rings. The van der Waals surface area contributed by atoms with Gasteiger partial charge in [-0.05, 0) is 21.7 Å². The highest BCUT2D eigenvalue weighted by molar-refractivity contribution is 7.99. The first-order valence-electron chi connectivity index (χ1n) is 10.8. The van der Waals surface area contributed by atoms with Crippen LogP contribution in [0.2, 0.25) is 0 Å². The van der Waals surface area contributed by atoms with Crippen molar-refractivity contribution >= 4 is 81.5 Å².